The van der Waals surface area contributed by atoms with E-state index in [0.29, 0.717) is 29.3 Å². The Morgan fingerprint density at radius 1 is 1.11 bits per heavy atom. The largest absolute Gasteiger partial charge is 0.496 e. The van der Waals surface area contributed by atoms with Crippen LogP contribution in [0.3, 0.4) is 0 Å². The number of hydrogen-bond donors (Lipinski definition) is 2. The molecule has 1 aliphatic heterocycles. The average Bonchev–Trinajstić information content (AvgIpc) is 2.85. The summed E-state index contributed by atoms with van der Waals surface area (Å²) in [6.45, 7) is 4.24. The third-order valence-corrected chi connectivity index (χ3v) is 5.93. The zero-order valence-electron chi connectivity index (χ0n) is 20.8. The highest BCUT2D eigenvalue weighted by Crippen LogP contribution is 2.25. The number of nitrogens with one attached hydrogen (secondary N) is 2. The summed E-state index contributed by atoms with van der Waals surface area (Å²) in [5.41, 5.74) is 2.11. The van der Waals surface area contributed by atoms with E-state index in [0.717, 1.165) is 31.2 Å². The molecule has 0 atom stereocenters. The minimum atomic E-state index is -0.511. The number of amides is 3. The molecule has 1 fully saturated rings. The lowest BCUT2D eigenvalue weighted by Crippen LogP contribution is -2.54. The molecule has 36 heavy (non-hydrogen) atoms. The van der Waals surface area contributed by atoms with E-state index >= 15 is 0 Å². The van der Waals surface area contributed by atoms with Crippen molar-refractivity contribution in [1.82, 2.24) is 10.2 Å². The van der Waals surface area contributed by atoms with Crippen molar-refractivity contribution in [3.8, 4) is 11.5 Å². The van der Waals surface area contributed by atoms with Gasteiger partial charge in [-0.05, 0) is 66.7 Å². The Bertz CT molecular complexity index is 1160. The molecule has 0 spiro atoms. The van der Waals surface area contributed by atoms with Crippen molar-refractivity contribution in [2.45, 2.75) is 46.1 Å². The first-order valence-electron chi connectivity index (χ1n) is 11.9. The molecule has 190 valence electrons. The molecule has 8 nitrogen and oxygen atoms in total. The molecule has 2 aromatic rings. The molecule has 1 heterocycles. The molecular weight excluding hydrogens is 478 g/mol. The number of nitrogens with zero attached hydrogens (tertiary/aromatic N) is 1. The Morgan fingerprint density at radius 2 is 1.86 bits per heavy atom. The number of carbonyl (C=O) groups is 3. The predicted molar refractivity (Wildman–Crippen MR) is 143 cm³/mol. The first-order valence-corrected chi connectivity index (χ1v) is 12.3. The molecule has 0 aliphatic carbocycles. The van der Waals surface area contributed by atoms with Crippen molar-refractivity contribution in [3.63, 3.8) is 0 Å². The second-order valence-electron chi connectivity index (χ2n) is 8.40. The van der Waals surface area contributed by atoms with Crippen LogP contribution in [-0.2, 0) is 21.0 Å². The molecule has 3 rings (SSSR count). The molecule has 2 aromatic carbocycles. The van der Waals surface area contributed by atoms with Gasteiger partial charge in [0.2, 0.25) is 5.91 Å². The van der Waals surface area contributed by atoms with Gasteiger partial charge in [-0.3, -0.25) is 24.6 Å². The SMILES string of the molecule is CCCCCCN1C(=O)/C(=C\c2ccc(OC)c(COc3ccc(NC(C)=O)cc3)c2)C(=O)NC1=S. The topological polar surface area (TPSA) is 97.0 Å². The number of benzene rings is 2. The van der Waals surface area contributed by atoms with Gasteiger partial charge in [-0.15, -0.1) is 0 Å². The summed E-state index contributed by atoms with van der Waals surface area (Å²) in [4.78, 5) is 38.3. The molecule has 3 amide bonds. The zero-order chi connectivity index (χ0) is 26.1. The quantitative estimate of drug-likeness (QED) is 0.201. The lowest BCUT2D eigenvalue weighted by molar-refractivity contribution is -0.129. The number of thiocarbonyl (C=S) groups is 1. The molecule has 0 saturated carbocycles. The van der Waals surface area contributed by atoms with Crippen LogP contribution in [0.4, 0.5) is 5.69 Å². The standard InChI is InChI=1S/C27H31N3O5S/c1-4-5-6-7-14-30-26(33)23(25(32)29-27(30)36)16-19-8-13-24(34-3)20(15-19)17-35-22-11-9-21(10-12-22)28-18(2)31/h8-13,15-16H,4-7,14,17H2,1-3H3,(H,28,31)(H,29,32,36)/b23-16-. The first-order chi connectivity index (χ1) is 17.3. The number of anilines is 1. The monoisotopic (exact) mass is 509 g/mol. The zero-order valence-corrected chi connectivity index (χ0v) is 21.6. The Hall–Kier alpha value is -3.72. The highest BCUT2D eigenvalue weighted by Gasteiger charge is 2.32. The molecule has 0 aromatic heterocycles. The molecule has 2 N–H and O–H groups in total. The summed E-state index contributed by atoms with van der Waals surface area (Å²) in [5, 5.41) is 5.48. The number of methoxy groups -OCH3 is 1. The van der Waals surface area contributed by atoms with Gasteiger partial charge in [0.25, 0.3) is 11.8 Å². The number of hydrogen-bond acceptors (Lipinski definition) is 6. The number of carbonyl (C=O) groups excluding carboxylic acids is 3. The van der Waals surface area contributed by atoms with Crippen LogP contribution in [0, 0.1) is 0 Å². The third-order valence-electron chi connectivity index (χ3n) is 5.61. The second-order valence-corrected chi connectivity index (χ2v) is 8.79. The molecule has 9 heteroatoms. The van der Waals surface area contributed by atoms with Crippen molar-refractivity contribution in [2.75, 3.05) is 19.0 Å². The van der Waals surface area contributed by atoms with Gasteiger partial charge in [0, 0.05) is 24.7 Å². The molecule has 1 saturated heterocycles. The van der Waals surface area contributed by atoms with Crippen molar-refractivity contribution in [2.24, 2.45) is 0 Å². The fraction of sp³-hybridized carbons (Fsp3) is 0.333. The van der Waals surface area contributed by atoms with Crippen LogP contribution in [0.25, 0.3) is 6.08 Å². The van der Waals surface area contributed by atoms with Crippen molar-refractivity contribution >= 4 is 46.8 Å². The minimum absolute atomic E-state index is 0.0321. The van der Waals surface area contributed by atoms with Gasteiger partial charge < -0.3 is 14.8 Å². The van der Waals surface area contributed by atoms with E-state index in [1.807, 2.05) is 6.07 Å². The summed E-state index contributed by atoms with van der Waals surface area (Å²) < 4.78 is 11.4. The van der Waals surface area contributed by atoms with Crippen LogP contribution in [0.2, 0.25) is 0 Å². The van der Waals surface area contributed by atoms with E-state index in [2.05, 4.69) is 17.6 Å². The predicted octanol–water partition coefficient (Wildman–Crippen LogP) is 4.44. The van der Waals surface area contributed by atoms with E-state index in [1.165, 1.54) is 11.8 Å². The van der Waals surface area contributed by atoms with Crippen LogP contribution in [0.15, 0.2) is 48.0 Å². The van der Waals surface area contributed by atoms with Crippen LogP contribution in [0.1, 0.15) is 50.7 Å². The summed E-state index contributed by atoms with van der Waals surface area (Å²) in [7, 11) is 1.56. The molecule has 0 bridgehead atoms. The lowest BCUT2D eigenvalue weighted by atomic mass is 10.0. The number of rotatable bonds is 11. The van der Waals surface area contributed by atoms with Gasteiger partial charge in [-0.2, -0.15) is 0 Å². The van der Waals surface area contributed by atoms with Gasteiger partial charge in [0.15, 0.2) is 5.11 Å². The van der Waals surface area contributed by atoms with Crippen molar-refractivity contribution < 1.29 is 23.9 Å². The number of ether oxygens (including phenoxy) is 2. The maximum absolute atomic E-state index is 13.1. The van der Waals surface area contributed by atoms with E-state index < -0.39 is 11.8 Å². The van der Waals surface area contributed by atoms with Gasteiger partial charge in [0.1, 0.15) is 23.7 Å². The highest BCUT2D eigenvalue weighted by atomic mass is 32.1. The van der Waals surface area contributed by atoms with Gasteiger partial charge in [-0.25, -0.2) is 0 Å². The van der Waals surface area contributed by atoms with Gasteiger partial charge >= 0.3 is 0 Å². The molecular formula is C27H31N3O5S. The Balaban J connectivity index is 1.76. The van der Waals surface area contributed by atoms with Crippen molar-refractivity contribution in [3.05, 3.63) is 59.2 Å². The Kier molecular flexibility index (Phi) is 9.58. The summed E-state index contributed by atoms with van der Waals surface area (Å²) in [5.74, 6) is 0.177. The second kappa shape index (κ2) is 12.8. The van der Waals surface area contributed by atoms with E-state index in [1.54, 1.807) is 49.6 Å². The van der Waals surface area contributed by atoms with E-state index in [9.17, 15) is 14.4 Å². The smallest absolute Gasteiger partial charge is 0.265 e. The molecule has 1 aliphatic rings. The maximum Gasteiger partial charge on any atom is 0.265 e. The maximum atomic E-state index is 13.1. The van der Waals surface area contributed by atoms with E-state index in [-0.39, 0.29) is 23.2 Å². The Labute approximate surface area is 216 Å². The Morgan fingerprint density at radius 3 is 2.53 bits per heavy atom. The van der Waals surface area contributed by atoms with Crippen LogP contribution >= 0.6 is 12.2 Å². The van der Waals surface area contributed by atoms with Crippen molar-refractivity contribution in [1.29, 1.82) is 0 Å². The summed E-state index contributed by atoms with van der Waals surface area (Å²) in [6, 6.07) is 12.4. The minimum Gasteiger partial charge on any atom is -0.496 e. The fourth-order valence-electron chi connectivity index (χ4n) is 3.76. The third kappa shape index (κ3) is 7.14. The number of unbranched alkanes of at least 4 members (excludes halogenated alkanes) is 3. The normalized spacial score (nSPS) is 14.6. The fourth-order valence-corrected chi connectivity index (χ4v) is 4.03. The van der Waals surface area contributed by atoms with Gasteiger partial charge in [0.05, 0.1) is 7.11 Å². The van der Waals surface area contributed by atoms with Crippen LogP contribution < -0.4 is 20.1 Å². The highest BCUT2D eigenvalue weighted by molar-refractivity contribution is 7.80. The molecule has 0 radical (unpaired) electrons. The van der Waals surface area contributed by atoms with Crippen LogP contribution in [-0.4, -0.2) is 41.4 Å². The van der Waals surface area contributed by atoms with Crippen LogP contribution in [0.5, 0.6) is 11.5 Å². The van der Waals surface area contributed by atoms with E-state index in [4.69, 9.17) is 21.7 Å². The molecule has 0 unspecified atom stereocenters. The average molecular weight is 510 g/mol. The first kappa shape index (κ1) is 26.9. The lowest BCUT2D eigenvalue weighted by Gasteiger charge is -2.29. The van der Waals surface area contributed by atoms with Gasteiger partial charge in [-0.1, -0.05) is 32.3 Å². The summed E-state index contributed by atoms with van der Waals surface area (Å²) >= 11 is 5.23. The summed E-state index contributed by atoms with van der Waals surface area (Å²) in [6.07, 6.45) is 5.54.